The molecule has 1 rings (SSSR count). The van der Waals surface area contributed by atoms with E-state index in [1.165, 1.54) is 31.4 Å². The fourth-order valence-electron chi connectivity index (χ4n) is 1.99. The third kappa shape index (κ3) is 6.47. The summed E-state index contributed by atoms with van der Waals surface area (Å²) in [5, 5.41) is 20.9. The van der Waals surface area contributed by atoms with Gasteiger partial charge in [0.2, 0.25) is 0 Å². The molecule has 0 saturated carbocycles. The first-order chi connectivity index (χ1) is 10.5. The van der Waals surface area contributed by atoms with Crippen molar-refractivity contribution in [3.05, 3.63) is 23.8 Å². The van der Waals surface area contributed by atoms with Gasteiger partial charge in [-0.15, -0.1) is 0 Å². The number of aromatic hydroxyl groups is 1. The predicted molar refractivity (Wildman–Crippen MR) is 82.5 cm³/mol. The monoisotopic (exact) mass is 309 g/mol. The van der Waals surface area contributed by atoms with Gasteiger partial charge in [-0.05, 0) is 18.6 Å². The lowest BCUT2D eigenvalue weighted by Gasteiger charge is -2.07. The number of hydrogen-bond acceptors (Lipinski definition) is 4. The van der Waals surface area contributed by atoms with Gasteiger partial charge < -0.3 is 20.3 Å². The van der Waals surface area contributed by atoms with Crippen molar-refractivity contribution >= 4 is 12.1 Å². The van der Waals surface area contributed by atoms with Gasteiger partial charge in [0, 0.05) is 12.6 Å². The maximum absolute atomic E-state index is 11.5. The molecule has 6 heteroatoms. The normalized spacial score (nSPS) is 10.2. The Balaban J connectivity index is 2.28. The van der Waals surface area contributed by atoms with Gasteiger partial charge in [-0.25, -0.2) is 9.59 Å². The molecule has 0 aliphatic heterocycles. The molecule has 6 nitrogen and oxygen atoms in total. The molecule has 0 aliphatic rings. The molecule has 0 saturated heterocycles. The minimum Gasteiger partial charge on any atom is -0.507 e. The first kappa shape index (κ1) is 17.8. The summed E-state index contributed by atoms with van der Waals surface area (Å²) >= 11 is 0. The second-order valence-corrected chi connectivity index (χ2v) is 5.07. The van der Waals surface area contributed by atoms with Gasteiger partial charge in [-0.2, -0.15) is 0 Å². The second-order valence-electron chi connectivity index (χ2n) is 5.07. The number of benzene rings is 1. The fraction of sp³-hybridized carbons (Fsp3) is 0.500. The smallest absolute Gasteiger partial charge is 0.412 e. The number of carbonyl (C=O) groups is 2. The highest BCUT2D eigenvalue weighted by Crippen LogP contribution is 2.23. The largest absolute Gasteiger partial charge is 0.507 e. The highest BCUT2D eigenvalue weighted by Gasteiger charge is 2.11. The number of rotatable bonds is 9. The van der Waals surface area contributed by atoms with Crippen molar-refractivity contribution in [3.63, 3.8) is 0 Å². The first-order valence-corrected chi connectivity index (χ1v) is 7.56. The zero-order valence-corrected chi connectivity index (χ0v) is 12.8. The van der Waals surface area contributed by atoms with Crippen LogP contribution in [0.4, 0.5) is 4.79 Å². The Bertz CT molecular complexity index is 501. The summed E-state index contributed by atoms with van der Waals surface area (Å²) in [4.78, 5) is 22.3. The summed E-state index contributed by atoms with van der Waals surface area (Å²) in [6.07, 6.45) is 6.17. The van der Waals surface area contributed by atoms with E-state index in [1.54, 1.807) is 0 Å². The van der Waals surface area contributed by atoms with Crippen LogP contribution in [0, 0.1) is 0 Å². The summed E-state index contributed by atoms with van der Waals surface area (Å²) < 4.78 is 4.97. The third-order valence-corrected chi connectivity index (χ3v) is 3.21. The number of unbranched alkanes of at least 4 members (excludes halogenated alkanes) is 5. The van der Waals surface area contributed by atoms with Crippen LogP contribution >= 0.6 is 0 Å². The van der Waals surface area contributed by atoms with Crippen LogP contribution < -0.4 is 10.1 Å². The van der Waals surface area contributed by atoms with Crippen molar-refractivity contribution in [2.24, 2.45) is 0 Å². The summed E-state index contributed by atoms with van der Waals surface area (Å²) in [5.74, 6) is -1.58. The Labute approximate surface area is 130 Å². The van der Waals surface area contributed by atoms with E-state index in [9.17, 15) is 14.7 Å². The van der Waals surface area contributed by atoms with E-state index >= 15 is 0 Å². The van der Waals surface area contributed by atoms with Gasteiger partial charge in [0.05, 0.1) is 0 Å². The fourth-order valence-corrected chi connectivity index (χ4v) is 1.99. The topological polar surface area (TPSA) is 95.9 Å². The van der Waals surface area contributed by atoms with Gasteiger partial charge in [0.1, 0.15) is 17.1 Å². The van der Waals surface area contributed by atoms with Gasteiger partial charge in [0.15, 0.2) is 0 Å². The lowest BCUT2D eigenvalue weighted by atomic mass is 10.1. The molecule has 0 unspecified atom stereocenters. The summed E-state index contributed by atoms with van der Waals surface area (Å²) in [6.45, 7) is 2.70. The minimum absolute atomic E-state index is 0.0999. The van der Waals surface area contributed by atoms with Gasteiger partial charge >= 0.3 is 12.1 Å². The average Bonchev–Trinajstić information content (AvgIpc) is 2.46. The zero-order chi connectivity index (χ0) is 16.4. The molecule has 0 aromatic heterocycles. The Morgan fingerprint density at radius 3 is 2.45 bits per heavy atom. The molecule has 0 atom stereocenters. The van der Waals surface area contributed by atoms with E-state index in [2.05, 4.69) is 12.2 Å². The third-order valence-electron chi connectivity index (χ3n) is 3.21. The average molecular weight is 309 g/mol. The summed E-state index contributed by atoms with van der Waals surface area (Å²) in [6, 6.07) is 3.62. The van der Waals surface area contributed by atoms with Crippen LogP contribution in [-0.2, 0) is 0 Å². The van der Waals surface area contributed by atoms with Crippen LogP contribution in [0.15, 0.2) is 18.2 Å². The molecule has 122 valence electrons. The quantitative estimate of drug-likeness (QED) is 0.606. The maximum Gasteiger partial charge on any atom is 0.412 e. The number of aromatic carboxylic acids is 1. The molecular weight excluding hydrogens is 286 g/mol. The molecule has 1 aromatic rings. The number of carboxylic acid groups (broad SMARTS) is 1. The van der Waals surface area contributed by atoms with Gasteiger partial charge in [-0.3, -0.25) is 0 Å². The zero-order valence-electron chi connectivity index (χ0n) is 12.8. The number of amides is 1. The van der Waals surface area contributed by atoms with Crippen LogP contribution in [0.2, 0.25) is 0 Å². The highest BCUT2D eigenvalue weighted by atomic mass is 16.6. The van der Waals surface area contributed by atoms with E-state index < -0.39 is 17.8 Å². The number of nitrogens with one attached hydrogen (secondary N) is 1. The van der Waals surface area contributed by atoms with Crippen molar-refractivity contribution < 1.29 is 24.5 Å². The van der Waals surface area contributed by atoms with E-state index in [-0.39, 0.29) is 11.3 Å². The number of ether oxygens (including phenoxy) is 1. The second kappa shape index (κ2) is 9.65. The Morgan fingerprint density at radius 1 is 1.14 bits per heavy atom. The van der Waals surface area contributed by atoms with Crippen molar-refractivity contribution in [1.82, 2.24) is 5.32 Å². The standard InChI is InChI=1S/C16H23NO5/c1-2-3-4-5-6-7-10-17-16(21)22-12-8-9-13(15(19)20)14(18)11-12/h8-9,11,18H,2-7,10H2,1H3,(H,17,21)(H,19,20). The molecule has 22 heavy (non-hydrogen) atoms. The van der Waals surface area contributed by atoms with E-state index in [0.29, 0.717) is 6.54 Å². The maximum atomic E-state index is 11.5. The number of hydrogen-bond donors (Lipinski definition) is 3. The van der Waals surface area contributed by atoms with E-state index in [0.717, 1.165) is 25.3 Å². The molecule has 3 N–H and O–H groups in total. The molecule has 0 radical (unpaired) electrons. The number of carboxylic acids is 1. The molecule has 0 spiro atoms. The molecule has 0 bridgehead atoms. The van der Waals surface area contributed by atoms with Crippen LogP contribution in [0.1, 0.15) is 55.8 Å². The Hall–Kier alpha value is -2.24. The van der Waals surface area contributed by atoms with Crippen LogP contribution in [0.25, 0.3) is 0 Å². The van der Waals surface area contributed by atoms with Crippen LogP contribution in [0.5, 0.6) is 11.5 Å². The molecule has 0 heterocycles. The van der Waals surface area contributed by atoms with Crippen molar-refractivity contribution in [3.8, 4) is 11.5 Å². The van der Waals surface area contributed by atoms with Crippen molar-refractivity contribution in [2.75, 3.05) is 6.54 Å². The minimum atomic E-state index is -1.24. The Kier molecular flexibility index (Phi) is 7.81. The molecular formula is C16H23NO5. The lowest BCUT2D eigenvalue weighted by Crippen LogP contribution is -2.27. The summed E-state index contributed by atoms with van der Waals surface area (Å²) in [5.41, 5.74) is -0.236. The first-order valence-electron chi connectivity index (χ1n) is 7.56. The van der Waals surface area contributed by atoms with Crippen molar-refractivity contribution in [1.29, 1.82) is 0 Å². The van der Waals surface area contributed by atoms with Gasteiger partial charge in [-0.1, -0.05) is 39.0 Å². The molecule has 1 aromatic carbocycles. The highest BCUT2D eigenvalue weighted by molar-refractivity contribution is 5.91. The van der Waals surface area contributed by atoms with E-state index in [4.69, 9.17) is 9.84 Å². The van der Waals surface area contributed by atoms with Crippen LogP contribution in [-0.4, -0.2) is 28.8 Å². The van der Waals surface area contributed by atoms with Crippen LogP contribution in [0.3, 0.4) is 0 Å². The molecule has 1 amide bonds. The Morgan fingerprint density at radius 2 is 1.82 bits per heavy atom. The predicted octanol–water partition coefficient (Wildman–Crippen LogP) is 3.54. The van der Waals surface area contributed by atoms with E-state index in [1.807, 2.05) is 0 Å². The number of phenols is 1. The number of carbonyl (C=O) groups excluding carboxylic acids is 1. The van der Waals surface area contributed by atoms with Crippen molar-refractivity contribution in [2.45, 2.75) is 45.4 Å². The molecule has 0 fully saturated rings. The lowest BCUT2D eigenvalue weighted by molar-refractivity contribution is 0.0693. The molecule has 0 aliphatic carbocycles. The van der Waals surface area contributed by atoms with Gasteiger partial charge in [0.25, 0.3) is 0 Å². The summed E-state index contributed by atoms with van der Waals surface area (Å²) in [7, 11) is 0. The SMILES string of the molecule is CCCCCCCCNC(=O)Oc1ccc(C(=O)O)c(O)c1.